The highest BCUT2D eigenvalue weighted by atomic mass is 32.2. The standard InChI is InChI=1S/C13H21F2NO2S/c14-13(15)3-1-10(2-4-13)11(17)16-9-12(18)5-7-19-8-6-12/h10,18H,1-9H2,(H,16,17). The summed E-state index contributed by atoms with van der Waals surface area (Å²) in [5, 5.41) is 13.0. The predicted octanol–water partition coefficient (Wildman–Crippen LogP) is 2.19. The summed E-state index contributed by atoms with van der Waals surface area (Å²) in [6.07, 6.45) is 1.44. The van der Waals surface area contributed by atoms with Crippen LogP contribution in [0.25, 0.3) is 0 Å². The molecule has 2 fully saturated rings. The molecule has 1 heterocycles. The van der Waals surface area contributed by atoms with E-state index < -0.39 is 11.5 Å². The summed E-state index contributed by atoms with van der Waals surface area (Å²) in [5.74, 6) is -1.29. The van der Waals surface area contributed by atoms with E-state index in [1.54, 1.807) is 11.8 Å². The summed E-state index contributed by atoms with van der Waals surface area (Å²) in [5.41, 5.74) is -0.806. The minimum absolute atomic E-state index is 0.179. The fraction of sp³-hybridized carbons (Fsp3) is 0.923. The Morgan fingerprint density at radius 1 is 1.21 bits per heavy atom. The van der Waals surface area contributed by atoms with E-state index >= 15 is 0 Å². The third-order valence-corrected chi connectivity index (χ3v) is 5.09. The van der Waals surface area contributed by atoms with Crippen LogP contribution in [0.2, 0.25) is 0 Å². The maximum absolute atomic E-state index is 13.0. The number of halogens is 2. The molecule has 0 spiro atoms. The fourth-order valence-corrected chi connectivity index (χ4v) is 3.88. The number of carbonyl (C=O) groups is 1. The van der Waals surface area contributed by atoms with Crippen molar-refractivity contribution in [2.24, 2.45) is 5.92 Å². The number of alkyl halides is 2. The maximum Gasteiger partial charge on any atom is 0.248 e. The van der Waals surface area contributed by atoms with Gasteiger partial charge in [0.05, 0.1) is 5.60 Å². The molecule has 0 atom stereocenters. The average Bonchev–Trinajstić information content (AvgIpc) is 2.37. The second kappa shape index (κ2) is 5.95. The van der Waals surface area contributed by atoms with Gasteiger partial charge in [-0.3, -0.25) is 4.79 Å². The summed E-state index contributed by atoms with van der Waals surface area (Å²) in [7, 11) is 0. The Kier molecular flexibility index (Phi) is 4.71. The first kappa shape index (κ1) is 15.0. The summed E-state index contributed by atoms with van der Waals surface area (Å²) >= 11 is 1.80. The Morgan fingerprint density at radius 3 is 2.37 bits per heavy atom. The Balaban J connectivity index is 1.75. The summed E-state index contributed by atoms with van der Waals surface area (Å²) in [6.45, 7) is 0.249. The monoisotopic (exact) mass is 293 g/mol. The maximum atomic E-state index is 13.0. The van der Waals surface area contributed by atoms with Gasteiger partial charge in [0.1, 0.15) is 0 Å². The number of hydrogen-bond donors (Lipinski definition) is 2. The smallest absolute Gasteiger partial charge is 0.248 e. The lowest BCUT2D eigenvalue weighted by atomic mass is 9.86. The zero-order valence-corrected chi connectivity index (χ0v) is 11.8. The van der Waals surface area contributed by atoms with Gasteiger partial charge in [0.25, 0.3) is 0 Å². The van der Waals surface area contributed by atoms with Gasteiger partial charge in [0.15, 0.2) is 0 Å². The number of amides is 1. The highest BCUT2D eigenvalue weighted by molar-refractivity contribution is 7.99. The minimum atomic E-state index is -2.60. The number of rotatable bonds is 3. The van der Waals surface area contributed by atoms with Crippen molar-refractivity contribution in [2.45, 2.75) is 50.0 Å². The van der Waals surface area contributed by atoms with E-state index in [9.17, 15) is 18.7 Å². The molecule has 1 saturated heterocycles. The Labute approximate surface area is 116 Å². The van der Waals surface area contributed by atoms with Crippen molar-refractivity contribution in [3.63, 3.8) is 0 Å². The Hall–Kier alpha value is -0.360. The van der Waals surface area contributed by atoms with Crippen LogP contribution in [0.4, 0.5) is 8.78 Å². The lowest BCUT2D eigenvalue weighted by molar-refractivity contribution is -0.130. The van der Waals surface area contributed by atoms with Gasteiger partial charge in [-0.2, -0.15) is 11.8 Å². The number of nitrogens with one attached hydrogen (secondary N) is 1. The van der Waals surface area contributed by atoms with E-state index in [1.165, 1.54) is 0 Å². The second-order valence-electron chi connectivity index (χ2n) is 5.68. The molecule has 0 unspecified atom stereocenters. The quantitative estimate of drug-likeness (QED) is 0.838. The molecule has 3 nitrogen and oxygen atoms in total. The van der Waals surface area contributed by atoms with Crippen LogP contribution in [-0.2, 0) is 4.79 Å². The Bertz CT molecular complexity index is 323. The summed E-state index contributed by atoms with van der Waals surface area (Å²) in [6, 6.07) is 0. The summed E-state index contributed by atoms with van der Waals surface area (Å²) in [4.78, 5) is 11.9. The third kappa shape index (κ3) is 4.31. The van der Waals surface area contributed by atoms with Crippen LogP contribution in [0.1, 0.15) is 38.5 Å². The predicted molar refractivity (Wildman–Crippen MR) is 71.4 cm³/mol. The topological polar surface area (TPSA) is 49.3 Å². The molecular weight excluding hydrogens is 272 g/mol. The van der Waals surface area contributed by atoms with Gasteiger partial charge in [-0.1, -0.05) is 0 Å². The molecule has 1 saturated carbocycles. The summed E-state index contributed by atoms with van der Waals surface area (Å²) < 4.78 is 26.0. The van der Waals surface area contributed by atoms with Crippen LogP contribution in [0.3, 0.4) is 0 Å². The van der Waals surface area contributed by atoms with Crippen molar-refractivity contribution in [2.75, 3.05) is 18.1 Å². The average molecular weight is 293 g/mol. The molecule has 19 heavy (non-hydrogen) atoms. The van der Waals surface area contributed by atoms with E-state index in [1.807, 2.05) is 0 Å². The molecule has 2 N–H and O–H groups in total. The lowest BCUT2D eigenvalue weighted by Gasteiger charge is -2.33. The number of thioether (sulfide) groups is 1. The molecule has 0 aromatic heterocycles. The first-order valence-electron chi connectivity index (χ1n) is 6.86. The molecule has 2 aliphatic rings. The van der Waals surface area contributed by atoms with Crippen molar-refractivity contribution in [1.82, 2.24) is 5.32 Å². The van der Waals surface area contributed by atoms with Gasteiger partial charge in [-0.15, -0.1) is 0 Å². The van der Waals surface area contributed by atoms with E-state index in [0.29, 0.717) is 12.8 Å². The zero-order chi connectivity index (χ0) is 13.9. The first-order valence-corrected chi connectivity index (χ1v) is 8.01. The molecule has 1 amide bonds. The van der Waals surface area contributed by atoms with E-state index in [0.717, 1.165) is 11.5 Å². The third-order valence-electron chi connectivity index (χ3n) is 4.10. The van der Waals surface area contributed by atoms with Crippen molar-refractivity contribution in [3.05, 3.63) is 0 Å². The van der Waals surface area contributed by atoms with Crippen molar-refractivity contribution in [3.8, 4) is 0 Å². The second-order valence-corrected chi connectivity index (χ2v) is 6.91. The number of aliphatic hydroxyl groups is 1. The van der Waals surface area contributed by atoms with Crippen LogP contribution < -0.4 is 5.32 Å². The van der Waals surface area contributed by atoms with Gasteiger partial charge in [-0.05, 0) is 37.2 Å². The molecule has 2 rings (SSSR count). The highest BCUT2D eigenvalue weighted by Crippen LogP contribution is 2.36. The van der Waals surface area contributed by atoms with Gasteiger partial charge in [0, 0.05) is 25.3 Å². The molecule has 1 aliphatic heterocycles. The van der Waals surface area contributed by atoms with Gasteiger partial charge in [0.2, 0.25) is 11.8 Å². The lowest BCUT2D eigenvalue weighted by Crippen LogP contribution is -2.47. The molecule has 0 aromatic rings. The zero-order valence-electron chi connectivity index (χ0n) is 11.0. The highest BCUT2D eigenvalue weighted by Gasteiger charge is 2.38. The number of hydrogen-bond acceptors (Lipinski definition) is 3. The molecule has 6 heteroatoms. The van der Waals surface area contributed by atoms with Gasteiger partial charge >= 0.3 is 0 Å². The Morgan fingerprint density at radius 2 is 1.79 bits per heavy atom. The minimum Gasteiger partial charge on any atom is -0.388 e. The van der Waals surface area contributed by atoms with Crippen LogP contribution in [0.5, 0.6) is 0 Å². The van der Waals surface area contributed by atoms with Crippen molar-refractivity contribution in [1.29, 1.82) is 0 Å². The fourth-order valence-electron chi connectivity index (χ4n) is 2.63. The van der Waals surface area contributed by atoms with Crippen LogP contribution in [0.15, 0.2) is 0 Å². The normalized spacial score (nSPS) is 26.9. The van der Waals surface area contributed by atoms with Crippen LogP contribution in [-0.4, -0.2) is 40.6 Å². The molecule has 0 bridgehead atoms. The van der Waals surface area contributed by atoms with Gasteiger partial charge in [-0.25, -0.2) is 8.78 Å². The molecule has 0 radical (unpaired) electrons. The molecule has 0 aromatic carbocycles. The molecule has 110 valence electrons. The van der Waals surface area contributed by atoms with Crippen molar-refractivity contribution >= 4 is 17.7 Å². The van der Waals surface area contributed by atoms with Crippen LogP contribution >= 0.6 is 11.8 Å². The van der Waals surface area contributed by atoms with E-state index in [4.69, 9.17) is 0 Å². The first-order chi connectivity index (χ1) is 8.90. The van der Waals surface area contributed by atoms with Crippen LogP contribution in [0, 0.1) is 5.92 Å². The van der Waals surface area contributed by atoms with E-state index in [2.05, 4.69) is 5.32 Å². The van der Waals surface area contributed by atoms with Gasteiger partial charge < -0.3 is 10.4 Å². The molecular formula is C13H21F2NO2S. The SMILES string of the molecule is O=C(NCC1(O)CCSCC1)C1CCC(F)(F)CC1. The molecule has 1 aliphatic carbocycles. The van der Waals surface area contributed by atoms with E-state index in [-0.39, 0.29) is 44.1 Å². The number of carbonyl (C=O) groups excluding carboxylic acids is 1. The van der Waals surface area contributed by atoms with Crippen molar-refractivity contribution < 1.29 is 18.7 Å². The largest absolute Gasteiger partial charge is 0.388 e.